The Balaban J connectivity index is 2.19. The topological polar surface area (TPSA) is 71.5 Å². The largest absolute Gasteiger partial charge is 0.506 e. The number of para-hydroxylation sites is 1. The molecule has 0 fully saturated rings. The van der Waals surface area contributed by atoms with Crippen molar-refractivity contribution < 1.29 is 14.6 Å². The predicted molar refractivity (Wildman–Crippen MR) is 71.0 cm³/mol. The quantitative estimate of drug-likeness (QED) is 0.881. The highest BCUT2D eigenvalue weighted by atomic mass is 16.5. The minimum atomic E-state index is -0.327. The van der Waals surface area contributed by atoms with Gasteiger partial charge in [0.2, 0.25) is 0 Å². The van der Waals surface area contributed by atoms with Gasteiger partial charge in [-0.25, -0.2) is 0 Å². The Morgan fingerprint density at radius 2 is 2.16 bits per heavy atom. The van der Waals surface area contributed by atoms with Crippen molar-refractivity contribution in [3.05, 3.63) is 53.9 Å². The van der Waals surface area contributed by atoms with Crippen LogP contribution in [0.15, 0.2) is 42.7 Å². The number of rotatable bonds is 4. The molecule has 5 nitrogen and oxygen atoms in total. The van der Waals surface area contributed by atoms with Crippen molar-refractivity contribution in [2.45, 2.75) is 6.61 Å². The molecular weight excluding hydrogens is 244 g/mol. The van der Waals surface area contributed by atoms with Crippen LogP contribution in [-0.2, 0) is 11.3 Å². The zero-order valence-electron chi connectivity index (χ0n) is 10.5. The van der Waals surface area contributed by atoms with Gasteiger partial charge in [0.1, 0.15) is 5.75 Å². The molecule has 1 aromatic heterocycles. The SMILES string of the molecule is COCc1ccccc1NC(=O)c1cncc(O)c1. The van der Waals surface area contributed by atoms with Crippen LogP contribution < -0.4 is 5.32 Å². The number of hydrogen-bond acceptors (Lipinski definition) is 4. The van der Waals surface area contributed by atoms with Crippen molar-refractivity contribution in [3.63, 3.8) is 0 Å². The molecule has 19 heavy (non-hydrogen) atoms. The van der Waals surface area contributed by atoms with Crippen molar-refractivity contribution in [1.82, 2.24) is 4.98 Å². The Labute approximate surface area is 110 Å². The maximum atomic E-state index is 12.0. The van der Waals surface area contributed by atoms with Crippen LogP contribution in [0.5, 0.6) is 5.75 Å². The number of carbonyl (C=O) groups is 1. The molecule has 0 aliphatic rings. The van der Waals surface area contributed by atoms with E-state index in [4.69, 9.17) is 4.74 Å². The number of pyridine rings is 1. The molecule has 0 unspecified atom stereocenters. The van der Waals surface area contributed by atoms with E-state index in [9.17, 15) is 9.90 Å². The second-order valence-corrected chi connectivity index (χ2v) is 3.98. The van der Waals surface area contributed by atoms with Gasteiger partial charge in [-0.1, -0.05) is 18.2 Å². The first kappa shape index (κ1) is 13.0. The molecule has 0 saturated heterocycles. The molecule has 0 bridgehead atoms. The zero-order chi connectivity index (χ0) is 13.7. The third-order valence-electron chi connectivity index (χ3n) is 2.55. The summed E-state index contributed by atoms with van der Waals surface area (Å²) in [5.41, 5.74) is 1.86. The first-order valence-electron chi connectivity index (χ1n) is 5.73. The van der Waals surface area contributed by atoms with Gasteiger partial charge in [0.25, 0.3) is 5.91 Å². The molecule has 0 aliphatic carbocycles. The van der Waals surface area contributed by atoms with Gasteiger partial charge in [-0.2, -0.15) is 0 Å². The number of anilines is 1. The molecule has 0 saturated carbocycles. The number of nitrogens with zero attached hydrogens (tertiary/aromatic N) is 1. The van der Waals surface area contributed by atoms with Crippen LogP contribution in [-0.4, -0.2) is 23.1 Å². The number of hydrogen-bond donors (Lipinski definition) is 2. The Bertz CT molecular complexity index is 584. The minimum absolute atomic E-state index is 0.0437. The average Bonchev–Trinajstić information content (AvgIpc) is 2.41. The Kier molecular flexibility index (Phi) is 4.10. The summed E-state index contributed by atoms with van der Waals surface area (Å²) < 4.78 is 5.07. The van der Waals surface area contributed by atoms with Gasteiger partial charge >= 0.3 is 0 Å². The van der Waals surface area contributed by atoms with Gasteiger partial charge in [0.05, 0.1) is 18.4 Å². The number of carbonyl (C=O) groups excluding carboxylic acids is 1. The van der Waals surface area contributed by atoms with E-state index in [2.05, 4.69) is 10.3 Å². The van der Waals surface area contributed by atoms with Crippen molar-refractivity contribution in [1.29, 1.82) is 0 Å². The number of benzene rings is 1. The smallest absolute Gasteiger partial charge is 0.257 e. The van der Waals surface area contributed by atoms with Gasteiger partial charge < -0.3 is 15.2 Å². The van der Waals surface area contributed by atoms with Crippen LogP contribution in [0.3, 0.4) is 0 Å². The van der Waals surface area contributed by atoms with Gasteiger partial charge in [-0.05, 0) is 12.1 Å². The summed E-state index contributed by atoms with van der Waals surface area (Å²) in [6.45, 7) is 0.411. The third kappa shape index (κ3) is 3.29. The lowest BCUT2D eigenvalue weighted by Crippen LogP contribution is -2.13. The number of aromatic nitrogens is 1. The molecule has 2 rings (SSSR count). The molecule has 98 valence electrons. The monoisotopic (exact) mass is 258 g/mol. The normalized spacial score (nSPS) is 10.2. The highest BCUT2D eigenvalue weighted by Crippen LogP contribution is 2.17. The van der Waals surface area contributed by atoms with E-state index < -0.39 is 0 Å². The molecule has 0 spiro atoms. The van der Waals surface area contributed by atoms with Crippen LogP contribution >= 0.6 is 0 Å². The van der Waals surface area contributed by atoms with E-state index in [1.54, 1.807) is 13.2 Å². The van der Waals surface area contributed by atoms with Crippen molar-refractivity contribution in [3.8, 4) is 5.75 Å². The minimum Gasteiger partial charge on any atom is -0.506 e. The summed E-state index contributed by atoms with van der Waals surface area (Å²) in [6.07, 6.45) is 2.67. The summed E-state index contributed by atoms with van der Waals surface area (Å²) in [5, 5.41) is 12.1. The summed E-state index contributed by atoms with van der Waals surface area (Å²) in [7, 11) is 1.59. The van der Waals surface area contributed by atoms with Gasteiger partial charge in [-0.15, -0.1) is 0 Å². The molecule has 0 radical (unpaired) electrons. The molecule has 1 aromatic carbocycles. The Hall–Kier alpha value is -2.40. The molecule has 1 amide bonds. The Morgan fingerprint density at radius 1 is 1.37 bits per heavy atom. The predicted octanol–water partition coefficient (Wildman–Crippen LogP) is 2.19. The van der Waals surface area contributed by atoms with Crippen LogP contribution in [0.25, 0.3) is 0 Å². The number of methoxy groups -OCH3 is 1. The van der Waals surface area contributed by atoms with E-state index in [-0.39, 0.29) is 11.7 Å². The van der Waals surface area contributed by atoms with Crippen LogP contribution in [0.4, 0.5) is 5.69 Å². The average molecular weight is 258 g/mol. The molecule has 2 aromatic rings. The second kappa shape index (κ2) is 5.97. The summed E-state index contributed by atoms with van der Waals surface area (Å²) in [6, 6.07) is 8.74. The van der Waals surface area contributed by atoms with E-state index in [0.29, 0.717) is 17.9 Å². The summed E-state index contributed by atoms with van der Waals surface area (Å²) in [4.78, 5) is 15.8. The molecule has 0 aliphatic heterocycles. The van der Waals surface area contributed by atoms with Crippen LogP contribution in [0.1, 0.15) is 15.9 Å². The fourth-order valence-electron chi connectivity index (χ4n) is 1.67. The zero-order valence-corrected chi connectivity index (χ0v) is 10.5. The van der Waals surface area contributed by atoms with Crippen molar-refractivity contribution in [2.75, 3.05) is 12.4 Å². The lowest BCUT2D eigenvalue weighted by atomic mass is 10.1. The Morgan fingerprint density at radius 3 is 2.89 bits per heavy atom. The van der Waals surface area contributed by atoms with Crippen LogP contribution in [0.2, 0.25) is 0 Å². The van der Waals surface area contributed by atoms with E-state index in [1.165, 1.54) is 18.5 Å². The van der Waals surface area contributed by atoms with Crippen molar-refractivity contribution >= 4 is 11.6 Å². The van der Waals surface area contributed by atoms with Crippen LogP contribution in [0, 0.1) is 0 Å². The standard InChI is InChI=1S/C14H14N2O3/c1-19-9-10-4-2-3-5-13(10)16-14(18)11-6-12(17)8-15-7-11/h2-8,17H,9H2,1H3,(H,16,18). The van der Waals surface area contributed by atoms with E-state index in [0.717, 1.165) is 5.56 Å². The van der Waals surface area contributed by atoms with Gasteiger partial charge in [0, 0.05) is 24.6 Å². The summed E-state index contributed by atoms with van der Waals surface area (Å²) in [5.74, 6) is -0.371. The fraction of sp³-hybridized carbons (Fsp3) is 0.143. The maximum Gasteiger partial charge on any atom is 0.257 e. The molecular formula is C14H14N2O3. The number of ether oxygens (including phenoxy) is 1. The number of aromatic hydroxyl groups is 1. The molecule has 2 N–H and O–H groups in total. The van der Waals surface area contributed by atoms with Crippen molar-refractivity contribution in [2.24, 2.45) is 0 Å². The highest BCUT2D eigenvalue weighted by molar-refractivity contribution is 6.04. The number of amides is 1. The fourth-order valence-corrected chi connectivity index (χ4v) is 1.67. The lowest BCUT2D eigenvalue weighted by Gasteiger charge is -2.10. The highest BCUT2D eigenvalue weighted by Gasteiger charge is 2.09. The molecule has 1 heterocycles. The third-order valence-corrected chi connectivity index (χ3v) is 2.55. The van der Waals surface area contributed by atoms with Gasteiger partial charge in [-0.3, -0.25) is 9.78 Å². The first-order valence-corrected chi connectivity index (χ1v) is 5.73. The lowest BCUT2D eigenvalue weighted by molar-refractivity contribution is 0.102. The number of nitrogens with one attached hydrogen (secondary N) is 1. The first-order chi connectivity index (χ1) is 9.20. The maximum absolute atomic E-state index is 12.0. The second-order valence-electron chi connectivity index (χ2n) is 3.98. The van der Waals surface area contributed by atoms with E-state index >= 15 is 0 Å². The summed E-state index contributed by atoms with van der Waals surface area (Å²) >= 11 is 0. The molecule has 0 atom stereocenters. The molecule has 5 heteroatoms. The van der Waals surface area contributed by atoms with Gasteiger partial charge in [0.15, 0.2) is 0 Å². The van der Waals surface area contributed by atoms with E-state index in [1.807, 2.05) is 18.2 Å².